The molecule has 0 spiro atoms. The van der Waals surface area contributed by atoms with Crippen molar-refractivity contribution in [1.82, 2.24) is 0 Å². The van der Waals surface area contributed by atoms with Gasteiger partial charge in [0.2, 0.25) is 0 Å². The maximum absolute atomic E-state index is 2.74. The topological polar surface area (TPSA) is 0 Å². The zero-order valence-electron chi connectivity index (χ0n) is 14.0. The molecule has 4 saturated carbocycles. The first-order valence-electron chi connectivity index (χ1n) is 9.87. The van der Waals surface area contributed by atoms with Gasteiger partial charge in [0.05, 0.1) is 0 Å². The van der Waals surface area contributed by atoms with Gasteiger partial charge in [-0.2, -0.15) is 0 Å². The van der Waals surface area contributed by atoms with Crippen molar-refractivity contribution in [2.24, 2.45) is 40.4 Å². The minimum atomic E-state index is 0.605. The summed E-state index contributed by atoms with van der Waals surface area (Å²) >= 11 is 0. The molecule has 0 aromatic heterocycles. The Labute approximate surface area is 130 Å². The van der Waals surface area contributed by atoms with E-state index in [9.17, 15) is 0 Å². The van der Waals surface area contributed by atoms with Gasteiger partial charge in [-0.05, 0) is 91.8 Å². The van der Waals surface area contributed by atoms with Gasteiger partial charge < -0.3 is 0 Å². The average molecular weight is 284 g/mol. The smallest absolute Gasteiger partial charge is 0.00853 e. The van der Waals surface area contributed by atoms with Crippen molar-refractivity contribution in [2.45, 2.75) is 78.1 Å². The van der Waals surface area contributed by atoms with E-state index in [0.717, 1.165) is 35.0 Å². The molecule has 5 aliphatic rings. The Morgan fingerprint density at radius 1 is 1.19 bits per heavy atom. The average Bonchev–Trinajstić information content (AvgIpc) is 3.17. The highest BCUT2D eigenvalue weighted by Gasteiger charge is 2.66. The molecule has 0 radical (unpaired) electrons. The highest BCUT2D eigenvalue weighted by Crippen LogP contribution is 2.74. The van der Waals surface area contributed by atoms with Crippen LogP contribution in [0.4, 0.5) is 0 Å². The Kier molecular flexibility index (Phi) is 2.63. The third-order valence-corrected chi connectivity index (χ3v) is 9.03. The maximum Gasteiger partial charge on any atom is -0.00853 e. The highest BCUT2D eigenvalue weighted by molar-refractivity contribution is 5.25. The minimum absolute atomic E-state index is 0.605. The fourth-order valence-electron chi connectivity index (χ4n) is 7.96. The van der Waals surface area contributed by atoms with Gasteiger partial charge in [0, 0.05) is 0 Å². The quantitative estimate of drug-likeness (QED) is 0.520. The molecule has 0 saturated heterocycles. The van der Waals surface area contributed by atoms with Crippen LogP contribution < -0.4 is 0 Å². The van der Waals surface area contributed by atoms with Crippen LogP contribution in [0.15, 0.2) is 11.6 Å². The van der Waals surface area contributed by atoms with Crippen LogP contribution >= 0.6 is 0 Å². The lowest BCUT2D eigenvalue weighted by Crippen LogP contribution is -2.49. The predicted octanol–water partition coefficient (Wildman–Crippen LogP) is 5.98. The lowest BCUT2D eigenvalue weighted by Gasteiger charge is -2.58. The van der Waals surface area contributed by atoms with Crippen LogP contribution in [0.1, 0.15) is 78.1 Å². The molecule has 0 bridgehead atoms. The Morgan fingerprint density at radius 3 is 2.95 bits per heavy atom. The summed E-state index contributed by atoms with van der Waals surface area (Å²) in [5.74, 6) is 5.52. The number of hydrogen-bond acceptors (Lipinski definition) is 0. The zero-order valence-corrected chi connectivity index (χ0v) is 14.0. The van der Waals surface area contributed by atoms with Crippen molar-refractivity contribution in [3.8, 4) is 0 Å². The van der Waals surface area contributed by atoms with Gasteiger partial charge in [-0.15, -0.1) is 0 Å². The van der Waals surface area contributed by atoms with E-state index < -0.39 is 0 Å². The van der Waals surface area contributed by atoms with Crippen LogP contribution in [0.25, 0.3) is 0 Å². The molecule has 4 fully saturated rings. The van der Waals surface area contributed by atoms with Crippen LogP contribution in [0.5, 0.6) is 0 Å². The molecule has 0 N–H and O–H groups in total. The van der Waals surface area contributed by atoms with Crippen molar-refractivity contribution in [2.75, 3.05) is 0 Å². The van der Waals surface area contributed by atoms with E-state index in [4.69, 9.17) is 0 Å². The third kappa shape index (κ3) is 1.58. The van der Waals surface area contributed by atoms with Gasteiger partial charge in [0.25, 0.3) is 0 Å². The number of fused-ring (bicyclic) bond motifs is 7. The van der Waals surface area contributed by atoms with Crippen molar-refractivity contribution in [3.05, 3.63) is 11.6 Å². The Bertz CT molecular complexity index is 488. The summed E-state index contributed by atoms with van der Waals surface area (Å²) in [5, 5.41) is 0. The molecule has 0 heterocycles. The van der Waals surface area contributed by atoms with E-state index in [1.54, 1.807) is 25.7 Å². The zero-order chi connectivity index (χ0) is 14.2. The normalized spacial score (nSPS) is 57.6. The van der Waals surface area contributed by atoms with Crippen molar-refractivity contribution in [3.63, 3.8) is 0 Å². The minimum Gasteiger partial charge on any atom is -0.0845 e. The molecule has 0 unspecified atom stereocenters. The molecule has 0 aromatic carbocycles. The monoisotopic (exact) mass is 284 g/mol. The van der Waals surface area contributed by atoms with Crippen LogP contribution in [-0.4, -0.2) is 0 Å². The Hall–Kier alpha value is -0.260. The predicted molar refractivity (Wildman–Crippen MR) is 87.9 cm³/mol. The van der Waals surface area contributed by atoms with Gasteiger partial charge >= 0.3 is 0 Å². The molecule has 116 valence electrons. The van der Waals surface area contributed by atoms with E-state index in [1.165, 1.54) is 38.5 Å². The van der Waals surface area contributed by atoms with Crippen molar-refractivity contribution < 1.29 is 0 Å². The lowest BCUT2D eigenvalue weighted by molar-refractivity contribution is -0.0482. The number of rotatable bonds is 1. The molecular weight excluding hydrogens is 252 g/mol. The summed E-state index contributed by atoms with van der Waals surface area (Å²) in [6.07, 6.45) is 17.9. The molecule has 0 aromatic rings. The second-order valence-electron chi connectivity index (χ2n) is 9.50. The summed E-state index contributed by atoms with van der Waals surface area (Å²) in [5.41, 5.74) is 3.27. The summed E-state index contributed by atoms with van der Waals surface area (Å²) in [4.78, 5) is 0. The molecule has 5 rings (SSSR count). The summed E-state index contributed by atoms with van der Waals surface area (Å²) in [6, 6.07) is 0. The largest absolute Gasteiger partial charge is 0.0845 e. The molecular formula is C21H32. The maximum atomic E-state index is 2.74. The second kappa shape index (κ2) is 4.18. The van der Waals surface area contributed by atoms with Gasteiger partial charge in [-0.1, -0.05) is 38.3 Å². The molecule has 0 nitrogen and oxygen atoms in total. The van der Waals surface area contributed by atoms with Crippen molar-refractivity contribution in [1.29, 1.82) is 0 Å². The van der Waals surface area contributed by atoms with E-state index in [2.05, 4.69) is 19.9 Å². The van der Waals surface area contributed by atoms with E-state index >= 15 is 0 Å². The summed E-state index contributed by atoms with van der Waals surface area (Å²) < 4.78 is 0. The van der Waals surface area contributed by atoms with Gasteiger partial charge in [0.1, 0.15) is 0 Å². The SMILES string of the molecule is CC[C@]12CC[C@H]3[C@@H](CC=C4CCCC[C@@]43C)[C@@H]1[C@@H]1C[C@@H]1C2. The van der Waals surface area contributed by atoms with Gasteiger partial charge in [0.15, 0.2) is 0 Å². The molecule has 5 aliphatic carbocycles. The summed E-state index contributed by atoms with van der Waals surface area (Å²) in [6.45, 7) is 5.16. The highest BCUT2D eigenvalue weighted by atomic mass is 14.7. The second-order valence-corrected chi connectivity index (χ2v) is 9.50. The summed E-state index contributed by atoms with van der Waals surface area (Å²) in [7, 11) is 0. The van der Waals surface area contributed by atoms with E-state index in [0.29, 0.717) is 5.41 Å². The molecule has 7 atom stereocenters. The first-order chi connectivity index (χ1) is 10.2. The Morgan fingerprint density at radius 2 is 2.10 bits per heavy atom. The van der Waals surface area contributed by atoms with Gasteiger partial charge in [-0.3, -0.25) is 0 Å². The number of allylic oxidation sites excluding steroid dienone is 2. The lowest BCUT2D eigenvalue weighted by atomic mass is 9.47. The Balaban J connectivity index is 1.54. The van der Waals surface area contributed by atoms with Crippen LogP contribution in [0.2, 0.25) is 0 Å². The molecule has 21 heavy (non-hydrogen) atoms. The fourth-order valence-corrected chi connectivity index (χ4v) is 7.96. The van der Waals surface area contributed by atoms with Crippen LogP contribution in [0.3, 0.4) is 0 Å². The van der Waals surface area contributed by atoms with Gasteiger partial charge in [-0.25, -0.2) is 0 Å². The molecule has 0 amide bonds. The third-order valence-electron chi connectivity index (χ3n) is 9.03. The van der Waals surface area contributed by atoms with Crippen LogP contribution in [0, 0.1) is 40.4 Å². The standard InChI is InChI=1S/C21H32/c1-3-21-11-9-18-16(19(21)17-12-14(17)13-21)8-7-15-6-4-5-10-20(15,18)2/h7,14,16-19H,3-6,8-13H2,1-2H3/t14-,16-,17-,18+,19-,20+,21-/m1/s1. The number of hydrogen-bond donors (Lipinski definition) is 0. The van der Waals surface area contributed by atoms with Crippen LogP contribution in [-0.2, 0) is 0 Å². The molecule has 0 heteroatoms. The van der Waals surface area contributed by atoms with Crippen molar-refractivity contribution >= 4 is 0 Å². The first kappa shape index (κ1) is 13.2. The van der Waals surface area contributed by atoms with E-state index in [-0.39, 0.29) is 0 Å². The first-order valence-corrected chi connectivity index (χ1v) is 9.87. The molecule has 0 aliphatic heterocycles. The fraction of sp³-hybridized carbons (Fsp3) is 0.905. The van der Waals surface area contributed by atoms with E-state index in [1.807, 2.05) is 5.57 Å².